The molecular weight excluding hydrogens is 353 g/mol. The summed E-state index contributed by atoms with van der Waals surface area (Å²) in [6.45, 7) is 1.94. The fraction of sp³-hybridized carbons (Fsp3) is 0.435. The van der Waals surface area contributed by atoms with E-state index >= 15 is 0 Å². The smallest absolute Gasteiger partial charge is 0.193 e. The van der Waals surface area contributed by atoms with Crippen molar-refractivity contribution in [2.75, 3.05) is 25.1 Å². The van der Waals surface area contributed by atoms with Crippen LogP contribution in [0.2, 0.25) is 0 Å². The Labute approximate surface area is 166 Å². The minimum Gasteiger partial charge on any atom is -0.381 e. The van der Waals surface area contributed by atoms with Gasteiger partial charge in [-0.25, -0.2) is 4.39 Å². The fourth-order valence-corrected chi connectivity index (χ4v) is 4.42. The Morgan fingerprint density at radius 3 is 2.61 bits per heavy atom. The summed E-state index contributed by atoms with van der Waals surface area (Å²) in [5.41, 5.74) is 11.1. The summed E-state index contributed by atoms with van der Waals surface area (Å²) in [4.78, 5) is 4.70. The highest BCUT2D eigenvalue weighted by molar-refractivity contribution is 5.93. The van der Waals surface area contributed by atoms with Crippen molar-refractivity contribution < 1.29 is 9.13 Å². The van der Waals surface area contributed by atoms with Gasteiger partial charge in [-0.15, -0.1) is 0 Å². The average molecular weight is 381 g/mol. The third kappa shape index (κ3) is 4.04. The van der Waals surface area contributed by atoms with E-state index in [4.69, 9.17) is 15.5 Å². The summed E-state index contributed by atoms with van der Waals surface area (Å²) in [5, 5.41) is 3.32. The number of benzene rings is 2. The maximum Gasteiger partial charge on any atom is 0.193 e. The molecule has 0 unspecified atom stereocenters. The van der Waals surface area contributed by atoms with E-state index in [2.05, 4.69) is 23.5 Å². The number of halogens is 1. The van der Waals surface area contributed by atoms with Gasteiger partial charge in [-0.1, -0.05) is 24.3 Å². The molecule has 1 heterocycles. The molecule has 28 heavy (non-hydrogen) atoms. The van der Waals surface area contributed by atoms with E-state index in [1.807, 2.05) is 12.1 Å². The zero-order valence-corrected chi connectivity index (χ0v) is 16.2. The zero-order chi connectivity index (χ0) is 19.4. The highest BCUT2D eigenvalue weighted by Gasteiger charge is 2.34. The SMILES string of the molecule is NC(=NCC1(c2ccc(F)cc2)CCOCC1)Nc1cccc2c1CCCC2. The first-order chi connectivity index (χ1) is 13.7. The molecule has 4 nitrogen and oxygen atoms in total. The van der Waals surface area contributed by atoms with E-state index in [9.17, 15) is 4.39 Å². The molecule has 2 aliphatic rings. The number of hydrogen-bond donors (Lipinski definition) is 2. The first kappa shape index (κ1) is 18.9. The van der Waals surface area contributed by atoms with Gasteiger partial charge in [0.1, 0.15) is 5.82 Å². The van der Waals surface area contributed by atoms with Crippen molar-refractivity contribution in [1.29, 1.82) is 0 Å². The van der Waals surface area contributed by atoms with Crippen LogP contribution in [-0.2, 0) is 23.0 Å². The summed E-state index contributed by atoms with van der Waals surface area (Å²) in [6.07, 6.45) is 6.41. The maximum absolute atomic E-state index is 13.4. The van der Waals surface area contributed by atoms with Crippen molar-refractivity contribution in [3.63, 3.8) is 0 Å². The minimum absolute atomic E-state index is 0.158. The summed E-state index contributed by atoms with van der Waals surface area (Å²) >= 11 is 0. The lowest BCUT2D eigenvalue weighted by Crippen LogP contribution is -2.38. The Morgan fingerprint density at radius 2 is 1.82 bits per heavy atom. The van der Waals surface area contributed by atoms with Gasteiger partial charge in [0.15, 0.2) is 5.96 Å². The van der Waals surface area contributed by atoms with E-state index in [1.54, 1.807) is 0 Å². The number of hydrogen-bond acceptors (Lipinski definition) is 2. The van der Waals surface area contributed by atoms with Crippen LogP contribution in [0, 0.1) is 5.82 Å². The van der Waals surface area contributed by atoms with Crippen molar-refractivity contribution in [2.24, 2.45) is 10.7 Å². The number of anilines is 1. The van der Waals surface area contributed by atoms with Crippen LogP contribution < -0.4 is 11.1 Å². The maximum atomic E-state index is 13.4. The molecule has 1 aliphatic carbocycles. The number of guanidine groups is 1. The lowest BCUT2D eigenvalue weighted by atomic mass is 9.74. The number of nitrogens with zero attached hydrogens (tertiary/aromatic N) is 1. The lowest BCUT2D eigenvalue weighted by Gasteiger charge is -2.36. The summed E-state index contributed by atoms with van der Waals surface area (Å²) < 4.78 is 19.0. The van der Waals surface area contributed by atoms with Crippen molar-refractivity contribution in [1.82, 2.24) is 0 Å². The van der Waals surface area contributed by atoms with Crippen LogP contribution in [-0.4, -0.2) is 25.7 Å². The van der Waals surface area contributed by atoms with Gasteiger partial charge in [0.2, 0.25) is 0 Å². The topological polar surface area (TPSA) is 59.6 Å². The molecule has 0 aromatic heterocycles. The molecule has 2 aromatic carbocycles. The Kier molecular flexibility index (Phi) is 5.62. The normalized spacial score (nSPS) is 19.1. The molecule has 0 amide bonds. The molecular formula is C23H28FN3O. The first-order valence-corrected chi connectivity index (χ1v) is 10.2. The molecule has 2 aromatic rings. The third-order valence-electron chi connectivity index (χ3n) is 6.12. The second kappa shape index (κ2) is 8.31. The highest BCUT2D eigenvalue weighted by Crippen LogP contribution is 2.35. The molecule has 4 rings (SSSR count). The predicted molar refractivity (Wildman–Crippen MR) is 111 cm³/mol. The molecule has 0 saturated carbocycles. The first-order valence-electron chi connectivity index (χ1n) is 10.2. The Hall–Kier alpha value is -2.40. The predicted octanol–water partition coefficient (Wildman–Crippen LogP) is 4.18. The van der Waals surface area contributed by atoms with Crippen molar-refractivity contribution in [2.45, 2.75) is 43.9 Å². The molecule has 148 valence electrons. The quantitative estimate of drug-likeness (QED) is 0.617. The molecule has 0 spiro atoms. The summed E-state index contributed by atoms with van der Waals surface area (Å²) in [7, 11) is 0. The van der Waals surface area contributed by atoms with E-state index in [-0.39, 0.29) is 11.2 Å². The Bertz CT molecular complexity index is 841. The van der Waals surface area contributed by atoms with Crippen LogP contribution in [0.1, 0.15) is 42.4 Å². The van der Waals surface area contributed by atoms with Gasteiger partial charge < -0.3 is 15.8 Å². The van der Waals surface area contributed by atoms with Crippen LogP contribution in [0.15, 0.2) is 47.5 Å². The molecule has 3 N–H and O–H groups in total. The number of nitrogens with two attached hydrogens (primary N) is 1. The lowest BCUT2D eigenvalue weighted by molar-refractivity contribution is 0.0531. The van der Waals surface area contributed by atoms with Crippen molar-refractivity contribution in [3.8, 4) is 0 Å². The standard InChI is InChI=1S/C23H28FN3O/c24-19-10-8-18(9-11-19)23(12-14-28-15-13-23)16-26-22(25)27-21-7-3-5-17-4-1-2-6-20(17)21/h3,5,7-11H,1-2,4,6,12-16H2,(H3,25,26,27). The van der Waals surface area contributed by atoms with Gasteiger partial charge in [0, 0.05) is 24.3 Å². The largest absolute Gasteiger partial charge is 0.381 e. The van der Waals surface area contributed by atoms with Crippen molar-refractivity contribution >= 4 is 11.6 Å². The second-order valence-corrected chi connectivity index (χ2v) is 7.88. The van der Waals surface area contributed by atoms with Crippen LogP contribution in [0.3, 0.4) is 0 Å². The fourth-order valence-electron chi connectivity index (χ4n) is 4.42. The monoisotopic (exact) mass is 381 g/mol. The van der Waals surface area contributed by atoms with Gasteiger partial charge in [0.05, 0.1) is 6.54 Å². The molecule has 1 aliphatic heterocycles. The molecule has 0 radical (unpaired) electrons. The third-order valence-corrected chi connectivity index (χ3v) is 6.12. The van der Waals surface area contributed by atoms with E-state index in [1.165, 1.54) is 36.1 Å². The van der Waals surface area contributed by atoms with Crippen LogP contribution in [0.4, 0.5) is 10.1 Å². The van der Waals surface area contributed by atoms with Gasteiger partial charge in [-0.05, 0) is 73.4 Å². The Morgan fingerprint density at radius 1 is 1.07 bits per heavy atom. The molecule has 1 fully saturated rings. The number of nitrogens with one attached hydrogen (secondary N) is 1. The second-order valence-electron chi connectivity index (χ2n) is 7.88. The van der Waals surface area contributed by atoms with Crippen LogP contribution >= 0.6 is 0 Å². The van der Waals surface area contributed by atoms with E-state index in [0.717, 1.165) is 36.9 Å². The number of aryl methyl sites for hydroxylation is 1. The summed E-state index contributed by atoms with van der Waals surface area (Å²) in [6, 6.07) is 13.1. The zero-order valence-electron chi connectivity index (χ0n) is 16.2. The van der Waals surface area contributed by atoms with Gasteiger partial charge >= 0.3 is 0 Å². The van der Waals surface area contributed by atoms with E-state index in [0.29, 0.717) is 25.7 Å². The molecule has 1 saturated heterocycles. The Balaban J connectivity index is 1.53. The van der Waals surface area contributed by atoms with Gasteiger partial charge in [-0.3, -0.25) is 4.99 Å². The van der Waals surface area contributed by atoms with Crippen LogP contribution in [0.25, 0.3) is 0 Å². The van der Waals surface area contributed by atoms with Crippen molar-refractivity contribution in [3.05, 3.63) is 65.0 Å². The average Bonchev–Trinajstić information content (AvgIpc) is 2.74. The van der Waals surface area contributed by atoms with Crippen LogP contribution in [0.5, 0.6) is 0 Å². The highest BCUT2D eigenvalue weighted by atomic mass is 19.1. The van der Waals surface area contributed by atoms with Gasteiger partial charge in [0.25, 0.3) is 0 Å². The summed E-state index contributed by atoms with van der Waals surface area (Å²) in [5.74, 6) is 0.219. The number of aliphatic imine (C=N–C) groups is 1. The van der Waals surface area contributed by atoms with E-state index < -0.39 is 0 Å². The number of fused-ring (bicyclic) bond motifs is 1. The minimum atomic E-state index is -0.218. The molecule has 0 atom stereocenters. The number of rotatable bonds is 4. The number of ether oxygens (including phenoxy) is 1. The van der Waals surface area contributed by atoms with Gasteiger partial charge in [-0.2, -0.15) is 0 Å². The molecule has 5 heteroatoms. The molecule has 0 bridgehead atoms.